The summed E-state index contributed by atoms with van der Waals surface area (Å²) in [7, 11) is 4.87. The molecule has 0 radical (unpaired) electrons. The van der Waals surface area contributed by atoms with Crippen molar-refractivity contribution in [2.45, 2.75) is 32.2 Å². The summed E-state index contributed by atoms with van der Waals surface area (Å²) in [5.74, 6) is 1.60. The predicted octanol–water partition coefficient (Wildman–Crippen LogP) is 3.33. The van der Waals surface area contributed by atoms with Gasteiger partial charge in [0.15, 0.2) is 5.78 Å². The van der Waals surface area contributed by atoms with Crippen molar-refractivity contribution in [2.24, 2.45) is 4.99 Å². The van der Waals surface area contributed by atoms with E-state index in [1.807, 2.05) is 42.2 Å². The van der Waals surface area contributed by atoms with Crippen LogP contribution in [0, 0.1) is 0 Å². The molecule has 2 aliphatic heterocycles. The third-order valence-electron chi connectivity index (χ3n) is 6.41. The van der Waals surface area contributed by atoms with Crippen molar-refractivity contribution in [3.05, 3.63) is 59.3 Å². The van der Waals surface area contributed by atoms with Gasteiger partial charge >= 0.3 is 0 Å². The zero-order chi connectivity index (χ0) is 24.5. The molecule has 2 N–H and O–H groups in total. The Labute approximate surface area is 199 Å². The quantitative estimate of drug-likeness (QED) is 0.640. The van der Waals surface area contributed by atoms with Crippen molar-refractivity contribution in [3.8, 4) is 11.5 Å². The number of rotatable bonds is 6. The Hall–Kier alpha value is -3.81. The van der Waals surface area contributed by atoms with Gasteiger partial charge in [-0.3, -0.25) is 14.6 Å². The highest BCUT2D eigenvalue weighted by molar-refractivity contribution is 6.37. The molecule has 2 aliphatic rings. The van der Waals surface area contributed by atoms with Crippen molar-refractivity contribution < 1.29 is 19.1 Å². The first-order chi connectivity index (χ1) is 16.3. The molecule has 2 aromatic carbocycles. The number of hydrogen-bond donors (Lipinski definition) is 2. The Balaban J connectivity index is 1.86. The highest BCUT2D eigenvalue weighted by atomic mass is 16.5. The number of para-hydroxylation sites is 1. The number of fused-ring (bicyclic) bond motifs is 1. The maximum absolute atomic E-state index is 14.1. The Morgan fingerprint density at radius 1 is 1.18 bits per heavy atom. The molecule has 0 aliphatic carbocycles. The lowest BCUT2D eigenvalue weighted by Crippen LogP contribution is -2.49. The molecule has 0 aromatic heterocycles. The first-order valence-electron chi connectivity index (χ1n) is 11.2. The molecule has 0 unspecified atom stereocenters. The molecule has 1 fully saturated rings. The first kappa shape index (κ1) is 23.4. The maximum atomic E-state index is 14.1. The van der Waals surface area contributed by atoms with Crippen LogP contribution in [-0.2, 0) is 16.0 Å². The molecule has 1 amide bonds. The van der Waals surface area contributed by atoms with Crippen LogP contribution in [0.15, 0.2) is 58.7 Å². The number of ether oxygens (including phenoxy) is 2. The fraction of sp³-hybridized carbons (Fsp3) is 0.346. The number of carbonyl (C=O) groups is 2. The molecule has 0 bridgehead atoms. The van der Waals surface area contributed by atoms with E-state index < -0.39 is 5.54 Å². The normalized spacial score (nSPS) is 22.6. The van der Waals surface area contributed by atoms with E-state index in [0.717, 1.165) is 22.6 Å². The van der Waals surface area contributed by atoms with Gasteiger partial charge in [0.1, 0.15) is 22.9 Å². The van der Waals surface area contributed by atoms with Gasteiger partial charge in [-0.1, -0.05) is 18.2 Å². The van der Waals surface area contributed by atoms with Gasteiger partial charge < -0.3 is 25.0 Å². The van der Waals surface area contributed by atoms with Crippen LogP contribution in [0.1, 0.15) is 25.8 Å². The van der Waals surface area contributed by atoms with Gasteiger partial charge in [-0.05, 0) is 25.0 Å². The lowest BCUT2D eigenvalue weighted by Gasteiger charge is -2.35. The van der Waals surface area contributed by atoms with Gasteiger partial charge in [-0.15, -0.1) is 0 Å². The van der Waals surface area contributed by atoms with E-state index in [1.54, 1.807) is 27.3 Å². The number of amides is 1. The minimum atomic E-state index is -0.979. The van der Waals surface area contributed by atoms with Gasteiger partial charge in [0, 0.05) is 56.5 Å². The van der Waals surface area contributed by atoms with E-state index in [2.05, 4.69) is 21.7 Å². The fourth-order valence-electron chi connectivity index (χ4n) is 4.68. The molecule has 178 valence electrons. The minimum absolute atomic E-state index is 0.0458. The molecule has 2 heterocycles. The molecule has 8 nitrogen and oxygen atoms in total. The third-order valence-corrected chi connectivity index (χ3v) is 6.41. The SMILES string of the molecule is CN=C1C(=C2Cc3ccccc3N2)C(=O)[C@@](C)(CCNC(C)=O)N1c1cc(OC)cc(OC)c1. The van der Waals surface area contributed by atoms with Crippen LogP contribution in [0.4, 0.5) is 11.4 Å². The summed E-state index contributed by atoms with van der Waals surface area (Å²) < 4.78 is 11.0. The fourth-order valence-corrected chi connectivity index (χ4v) is 4.68. The Morgan fingerprint density at radius 3 is 2.44 bits per heavy atom. The summed E-state index contributed by atoms with van der Waals surface area (Å²) in [5.41, 5.74) is 3.26. The van der Waals surface area contributed by atoms with Crippen molar-refractivity contribution in [2.75, 3.05) is 38.0 Å². The molecule has 34 heavy (non-hydrogen) atoms. The van der Waals surface area contributed by atoms with E-state index >= 15 is 0 Å². The maximum Gasteiger partial charge on any atom is 0.216 e. The molecule has 0 spiro atoms. The van der Waals surface area contributed by atoms with Gasteiger partial charge in [-0.2, -0.15) is 0 Å². The van der Waals surface area contributed by atoms with Crippen LogP contribution in [0.5, 0.6) is 11.5 Å². The lowest BCUT2D eigenvalue weighted by atomic mass is 9.90. The van der Waals surface area contributed by atoms with Crippen molar-refractivity contribution >= 4 is 28.9 Å². The molecule has 0 saturated carbocycles. The number of amidine groups is 1. The van der Waals surface area contributed by atoms with E-state index in [4.69, 9.17) is 9.47 Å². The predicted molar refractivity (Wildman–Crippen MR) is 133 cm³/mol. The third kappa shape index (κ3) is 4.00. The highest BCUT2D eigenvalue weighted by Gasteiger charge is 2.53. The van der Waals surface area contributed by atoms with Crippen LogP contribution in [0.2, 0.25) is 0 Å². The minimum Gasteiger partial charge on any atom is -0.497 e. The van der Waals surface area contributed by atoms with Gasteiger partial charge in [0.25, 0.3) is 0 Å². The van der Waals surface area contributed by atoms with Crippen molar-refractivity contribution in [1.29, 1.82) is 0 Å². The van der Waals surface area contributed by atoms with Crippen LogP contribution in [0.25, 0.3) is 0 Å². The molecule has 1 saturated heterocycles. The number of ketones is 1. The zero-order valence-electron chi connectivity index (χ0n) is 20.2. The summed E-state index contributed by atoms with van der Waals surface area (Å²) >= 11 is 0. The molecular formula is C26H30N4O4. The second-order valence-corrected chi connectivity index (χ2v) is 8.60. The van der Waals surface area contributed by atoms with Crippen LogP contribution in [0.3, 0.4) is 0 Å². The summed E-state index contributed by atoms with van der Waals surface area (Å²) in [6.45, 7) is 3.71. The smallest absolute Gasteiger partial charge is 0.216 e. The largest absolute Gasteiger partial charge is 0.497 e. The van der Waals surface area contributed by atoms with Gasteiger partial charge in [-0.25, -0.2) is 0 Å². The number of methoxy groups -OCH3 is 2. The molecular weight excluding hydrogens is 432 g/mol. The second-order valence-electron chi connectivity index (χ2n) is 8.60. The molecule has 4 rings (SSSR count). The number of nitrogens with zero attached hydrogens (tertiary/aromatic N) is 2. The number of allylic oxidation sites excluding steroid dienone is 1. The number of benzene rings is 2. The first-order valence-corrected chi connectivity index (χ1v) is 11.2. The topological polar surface area (TPSA) is 92.3 Å². The van der Waals surface area contributed by atoms with Crippen LogP contribution in [-0.4, -0.2) is 50.9 Å². The number of Topliss-reactive ketones (excluding diaryl/α,β-unsaturated/α-hetero) is 1. The summed E-state index contributed by atoms with van der Waals surface area (Å²) in [6.07, 6.45) is 1.01. The Kier molecular flexibility index (Phi) is 6.32. The van der Waals surface area contributed by atoms with E-state index in [9.17, 15) is 9.59 Å². The number of aliphatic imine (C=N–C) groups is 1. The van der Waals surface area contributed by atoms with Gasteiger partial charge in [0.05, 0.1) is 25.5 Å². The van der Waals surface area contributed by atoms with E-state index in [1.165, 1.54) is 6.92 Å². The van der Waals surface area contributed by atoms with E-state index in [-0.39, 0.29) is 11.7 Å². The lowest BCUT2D eigenvalue weighted by molar-refractivity contribution is -0.120. The number of hydrogen-bond acceptors (Lipinski definition) is 6. The molecule has 2 aromatic rings. The molecule has 1 atom stereocenters. The van der Waals surface area contributed by atoms with Crippen molar-refractivity contribution in [1.82, 2.24) is 5.32 Å². The summed E-state index contributed by atoms with van der Waals surface area (Å²) in [6, 6.07) is 13.5. The van der Waals surface area contributed by atoms with Crippen molar-refractivity contribution in [3.63, 3.8) is 0 Å². The van der Waals surface area contributed by atoms with Crippen LogP contribution >= 0.6 is 0 Å². The Morgan fingerprint density at radius 2 is 1.85 bits per heavy atom. The zero-order valence-corrected chi connectivity index (χ0v) is 20.2. The number of anilines is 2. The summed E-state index contributed by atoms with van der Waals surface area (Å²) in [5, 5.41) is 6.26. The molecule has 8 heteroatoms. The highest BCUT2D eigenvalue weighted by Crippen LogP contribution is 2.43. The number of carbonyl (C=O) groups excluding carboxylic acids is 2. The average molecular weight is 463 g/mol. The summed E-state index contributed by atoms with van der Waals surface area (Å²) in [4.78, 5) is 32.2. The van der Waals surface area contributed by atoms with Gasteiger partial charge in [0.2, 0.25) is 5.91 Å². The second kappa shape index (κ2) is 9.21. The van der Waals surface area contributed by atoms with E-state index in [0.29, 0.717) is 42.3 Å². The number of nitrogens with one attached hydrogen (secondary N) is 2. The standard InChI is InChI=1S/C26H30N4O4/c1-16(31)28-11-10-26(2)24(32)23(22-12-17-8-6-7-9-21(17)29-22)25(27-3)30(26)18-13-19(33-4)15-20(14-18)34-5/h6-9,13-15,29H,10-12H2,1-5H3,(H,28,31)/t26-/m1/s1. The average Bonchev–Trinajstić information content (AvgIpc) is 3.35. The Bertz CT molecular complexity index is 1150. The van der Waals surface area contributed by atoms with Crippen LogP contribution < -0.4 is 25.0 Å². The monoisotopic (exact) mass is 462 g/mol.